The van der Waals surface area contributed by atoms with Crippen molar-refractivity contribution in [2.45, 2.75) is 50.2 Å². The van der Waals surface area contributed by atoms with Crippen LogP contribution in [0.1, 0.15) is 32.1 Å². The monoisotopic (exact) mass is 366 g/mol. The van der Waals surface area contributed by atoms with Crippen molar-refractivity contribution in [3.05, 3.63) is 0 Å². The van der Waals surface area contributed by atoms with Gasteiger partial charge in [0.25, 0.3) is 0 Å². The summed E-state index contributed by atoms with van der Waals surface area (Å²) in [4.78, 5) is 53.2. The van der Waals surface area contributed by atoms with Crippen LogP contribution in [0.4, 0.5) is 0 Å². The molecule has 0 spiro atoms. The van der Waals surface area contributed by atoms with Crippen molar-refractivity contribution in [3.8, 4) is 0 Å². The molecular weight excluding hydrogens is 340 g/mol. The lowest BCUT2D eigenvalue weighted by Gasteiger charge is -2.56. The summed E-state index contributed by atoms with van der Waals surface area (Å²) in [5.41, 5.74) is 5.38. The third-order valence-electron chi connectivity index (χ3n) is 5.70. The molecule has 1 aliphatic carbocycles. The van der Waals surface area contributed by atoms with Crippen LogP contribution < -0.4 is 11.1 Å². The van der Waals surface area contributed by atoms with Gasteiger partial charge in [-0.05, 0) is 31.6 Å². The largest absolute Gasteiger partial charge is 0.469 e. The second-order valence-corrected chi connectivity index (χ2v) is 7.16. The van der Waals surface area contributed by atoms with Gasteiger partial charge in [0.05, 0.1) is 13.5 Å². The zero-order valence-electron chi connectivity index (χ0n) is 15.0. The molecule has 0 aromatic rings. The first kappa shape index (κ1) is 18.6. The zero-order valence-corrected chi connectivity index (χ0v) is 15.0. The number of amides is 3. The number of rotatable bonds is 6. The number of piperazine rings is 1. The molecule has 0 unspecified atom stereocenters. The number of nitrogens with one attached hydrogen (secondary N) is 1. The number of nitrogens with zero attached hydrogens (tertiary/aromatic N) is 2. The maximum absolute atomic E-state index is 13.2. The van der Waals surface area contributed by atoms with Gasteiger partial charge in [-0.2, -0.15) is 0 Å². The third-order valence-corrected chi connectivity index (χ3v) is 5.70. The fraction of sp³-hybridized carbons (Fsp3) is 0.765. The lowest BCUT2D eigenvalue weighted by molar-refractivity contribution is -0.178. The van der Waals surface area contributed by atoms with Gasteiger partial charge >= 0.3 is 5.97 Å². The fourth-order valence-electron chi connectivity index (χ4n) is 4.47. The van der Waals surface area contributed by atoms with Crippen LogP contribution >= 0.6 is 0 Å². The molecule has 2 atom stereocenters. The van der Waals surface area contributed by atoms with Crippen LogP contribution in [0, 0.1) is 5.92 Å². The maximum Gasteiger partial charge on any atom is 0.308 e. The second kappa shape index (κ2) is 7.61. The summed E-state index contributed by atoms with van der Waals surface area (Å²) in [6, 6.07) is -1.45. The van der Waals surface area contributed by atoms with E-state index in [4.69, 9.17) is 5.73 Å². The number of methoxy groups -OCH3 is 1. The van der Waals surface area contributed by atoms with Crippen molar-refractivity contribution in [3.63, 3.8) is 0 Å². The van der Waals surface area contributed by atoms with Gasteiger partial charge in [-0.1, -0.05) is 0 Å². The number of hydrogen-bond donors (Lipinski definition) is 2. The molecular formula is C17H26N4O5. The summed E-state index contributed by atoms with van der Waals surface area (Å²) in [7, 11) is 1.24. The van der Waals surface area contributed by atoms with Crippen LogP contribution in [0.3, 0.4) is 0 Å². The molecule has 0 aromatic carbocycles. The van der Waals surface area contributed by atoms with Crippen molar-refractivity contribution < 1.29 is 23.9 Å². The Morgan fingerprint density at radius 2 is 1.88 bits per heavy atom. The first-order chi connectivity index (χ1) is 12.5. The van der Waals surface area contributed by atoms with Gasteiger partial charge in [-0.3, -0.25) is 19.2 Å². The van der Waals surface area contributed by atoms with Crippen LogP contribution in [0.25, 0.3) is 0 Å². The van der Waals surface area contributed by atoms with E-state index < -0.39 is 18.1 Å². The van der Waals surface area contributed by atoms with E-state index in [9.17, 15) is 19.2 Å². The number of piperidine rings is 2. The summed E-state index contributed by atoms with van der Waals surface area (Å²) < 4.78 is 4.69. The van der Waals surface area contributed by atoms with Gasteiger partial charge in [0.15, 0.2) is 0 Å². The molecule has 4 fully saturated rings. The molecule has 2 bridgehead atoms. The molecule has 9 nitrogen and oxygen atoms in total. The number of nitrogens with two attached hydrogens (primary N) is 1. The van der Waals surface area contributed by atoms with Crippen molar-refractivity contribution in [2.24, 2.45) is 11.7 Å². The predicted octanol–water partition coefficient (Wildman–Crippen LogP) is -1.40. The minimum Gasteiger partial charge on any atom is -0.469 e. The first-order valence-corrected chi connectivity index (χ1v) is 9.14. The maximum atomic E-state index is 13.2. The SMILES string of the molecule is COC(=O)C[C@H]1C(=O)N2C3CCC(CC3)[C@H]2C(=O)N1CC(=O)NCCN. The minimum absolute atomic E-state index is 0.0508. The van der Waals surface area contributed by atoms with Crippen molar-refractivity contribution >= 4 is 23.7 Å². The highest BCUT2D eigenvalue weighted by molar-refractivity contribution is 6.01. The van der Waals surface area contributed by atoms with E-state index in [0.29, 0.717) is 0 Å². The van der Waals surface area contributed by atoms with Crippen LogP contribution in [-0.4, -0.2) is 78.4 Å². The standard InChI is InChI=1S/C17H26N4O5/c1-26-14(23)8-12-16(24)21-11-4-2-10(3-5-11)15(21)17(25)20(12)9-13(22)19-7-6-18/h10-12,15H,2-9,18H2,1H3,(H,19,22)/t10?,11?,12-,15-/m0/s1. The molecule has 144 valence electrons. The number of hydrogen-bond acceptors (Lipinski definition) is 6. The quantitative estimate of drug-likeness (QED) is 0.558. The Bertz CT molecular complexity index is 602. The Kier molecular flexibility index (Phi) is 5.45. The van der Waals surface area contributed by atoms with Crippen LogP contribution in [0.5, 0.6) is 0 Å². The average molecular weight is 366 g/mol. The molecule has 4 rings (SSSR count). The molecule has 9 heteroatoms. The Morgan fingerprint density at radius 3 is 2.50 bits per heavy atom. The molecule has 3 aliphatic heterocycles. The van der Waals surface area contributed by atoms with E-state index in [-0.39, 0.29) is 55.7 Å². The molecule has 0 aromatic heterocycles. The number of carbonyl (C=O) groups excluding carboxylic acids is 4. The molecule has 4 aliphatic rings. The summed E-state index contributed by atoms with van der Waals surface area (Å²) in [5.74, 6) is -1.33. The molecule has 3 N–H and O–H groups in total. The highest BCUT2D eigenvalue weighted by Crippen LogP contribution is 2.43. The molecule has 3 heterocycles. The van der Waals surface area contributed by atoms with E-state index in [2.05, 4.69) is 10.1 Å². The second-order valence-electron chi connectivity index (χ2n) is 7.16. The zero-order chi connectivity index (χ0) is 18.8. The van der Waals surface area contributed by atoms with Gasteiger partial charge < -0.3 is 25.6 Å². The smallest absolute Gasteiger partial charge is 0.308 e. The van der Waals surface area contributed by atoms with Gasteiger partial charge in [-0.25, -0.2) is 0 Å². The third kappa shape index (κ3) is 3.27. The lowest BCUT2D eigenvalue weighted by atomic mass is 9.72. The lowest BCUT2D eigenvalue weighted by Crippen LogP contribution is -2.72. The average Bonchev–Trinajstić information content (AvgIpc) is 2.66. The number of ether oxygens (including phenoxy) is 1. The molecule has 0 radical (unpaired) electrons. The van der Waals surface area contributed by atoms with Crippen molar-refractivity contribution in [2.75, 3.05) is 26.7 Å². The molecule has 1 saturated carbocycles. The fourth-order valence-corrected chi connectivity index (χ4v) is 4.47. The van der Waals surface area contributed by atoms with Crippen LogP contribution in [0.2, 0.25) is 0 Å². The van der Waals surface area contributed by atoms with Crippen molar-refractivity contribution in [1.29, 1.82) is 0 Å². The normalized spacial score (nSPS) is 30.2. The van der Waals surface area contributed by atoms with Crippen molar-refractivity contribution in [1.82, 2.24) is 15.1 Å². The molecule has 26 heavy (non-hydrogen) atoms. The summed E-state index contributed by atoms with van der Waals surface area (Å²) in [6.45, 7) is 0.315. The summed E-state index contributed by atoms with van der Waals surface area (Å²) in [6.07, 6.45) is 3.37. The Hall–Kier alpha value is -2.16. The number of carbonyl (C=O) groups is 4. The minimum atomic E-state index is -0.992. The van der Waals surface area contributed by atoms with Gasteiger partial charge in [0.1, 0.15) is 18.6 Å². The topological polar surface area (TPSA) is 122 Å². The number of esters is 1. The van der Waals surface area contributed by atoms with E-state index in [1.165, 1.54) is 12.0 Å². The Morgan fingerprint density at radius 1 is 1.19 bits per heavy atom. The Labute approximate surface area is 152 Å². The van der Waals surface area contributed by atoms with E-state index in [1.807, 2.05) is 0 Å². The first-order valence-electron chi connectivity index (χ1n) is 9.14. The summed E-state index contributed by atoms with van der Waals surface area (Å²) >= 11 is 0. The summed E-state index contributed by atoms with van der Waals surface area (Å²) in [5, 5.41) is 2.61. The van der Waals surface area contributed by atoms with Crippen LogP contribution in [0.15, 0.2) is 0 Å². The van der Waals surface area contributed by atoms with E-state index >= 15 is 0 Å². The van der Waals surface area contributed by atoms with E-state index in [1.54, 1.807) is 4.90 Å². The van der Waals surface area contributed by atoms with Gasteiger partial charge in [0, 0.05) is 19.1 Å². The Balaban J connectivity index is 1.85. The highest BCUT2D eigenvalue weighted by Gasteiger charge is 2.55. The number of fused-ring (bicyclic) bond motifs is 2. The highest BCUT2D eigenvalue weighted by atomic mass is 16.5. The van der Waals surface area contributed by atoms with Gasteiger partial charge in [0.2, 0.25) is 17.7 Å². The molecule has 3 saturated heterocycles. The predicted molar refractivity (Wildman–Crippen MR) is 90.6 cm³/mol. The molecule has 3 amide bonds. The van der Waals surface area contributed by atoms with Crippen LogP contribution in [-0.2, 0) is 23.9 Å². The van der Waals surface area contributed by atoms with E-state index in [0.717, 1.165) is 25.7 Å². The van der Waals surface area contributed by atoms with Gasteiger partial charge in [-0.15, -0.1) is 0 Å².